The summed E-state index contributed by atoms with van der Waals surface area (Å²) in [6.07, 6.45) is -0.0552. The van der Waals surface area contributed by atoms with E-state index in [1.807, 2.05) is 12.1 Å². The van der Waals surface area contributed by atoms with E-state index in [4.69, 9.17) is 5.73 Å². The van der Waals surface area contributed by atoms with Crippen LogP contribution in [0.4, 0.5) is 5.13 Å². The Hall–Kier alpha value is -1.60. The molecule has 0 unspecified atom stereocenters. The Balaban J connectivity index is 1.92. The molecule has 2 aromatic rings. The van der Waals surface area contributed by atoms with Gasteiger partial charge in [0.1, 0.15) is 0 Å². The highest BCUT2D eigenvalue weighted by Crippen LogP contribution is 2.26. The van der Waals surface area contributed by atoms with Crippen LogP contribution in [-0.4, -0.2) is 16.2 Å². The molecular formula is C11H10N3O2S2-. The Morgan fingerprint density at radius 1 is 1.28 bits per heavy atom. The minimum absolute atomic E-state index is 0.0552. The molecule has 0 amide bonds. The molecule has 2 rings (SSSR count). The van der Waals surface area contributed by atoms with Gasteiger partial charge >= 0.3 is 0 Å². The lowest BCUT2D eigenvalue weighted by Gasteiger charge is -2.04. The van der Waals surface area contributed by atoms with Gasteiger partial charge in [-0.1, -0.05) is 47.4 Å². The van der Waals surface area contributed by atoms with Crippen LogP contribution in [0.25, 0.3) is 0 Å². The van der Waals surface area contributed by atoms with E-state index in [0.717, 1.165) is 21.2 Å². The second-order valence-corrected chi connectivity index (χ2v) is 5.79. The molecule has 0 saturated carbocycles. The van der Waals surface area contributed by atoms with Crippen molar-refractivity contribution in [3.05, 3.63) is 35.4 Å². The molecule has 0 spiro atoms. The Morgan fingerprint density at radius 3 is 2.50 bits per heavy atom. The maximum Gasteiger partial charge on any atom is 0.203 e. The fraction of sp³-hybridized carbons (Fsp3) is 0.182. The molecule has 1 aromatic heterocycles. The van der Waals surface area contributed by atoms with Crippen LogP contribution < -0.4 is 10.8 Å². The highest BCUT2D eigenvalue weighted by Gasteiger charge is 2.02. The third-order valence-electron chi connectivity index (χ3n) is 2.16. The van der Waals surface area contributed by atoms with E-state index in [0.29, 0.717) is 5.13 Å². The average Bonchev–Trinajstić information content (AvgIpc) is 2.74. The first-order valence-corrected chi connectivity index (χ1v) is 6.93. The maximum atomic E-state index is 10.4. The van der Waals surface area contributed by atoms with Crippen molar-refractivity contribution in [2.45, 2.75) is 16.5 Å². The Labute approximate surface area is 112 Å². The highest BCUT2D eigenvalue weighted by atomic mass is 32.2. The van der Waals surface area contributed by atoms with Crippen molar-refractivity contribution in [2.24, 2.45) is 0 Å². The molecule has 0 atom stereocenters. The van der Waals surface area contributed by atoms with Gasteiger partial charge in [0.2, 0.25) is 5.13 Å². The van der Waals surface area contributed by atoms with E-state index in [1.165, 1.54) is 11.3 Å². The number of hydrogen-bond acceptors (Lipinski definition) is 7. The largest absolute Gasteiger partial charge is 0.550 e. The van der Waals surface area contributed by atoms with Gasteiger partial charge < -0.3 is 15.6 Å². The quantitative estimate of drug-likeness (QED) is 0.811. The molecule has 1 aromatic carbocycles. The Morgan fingerprint density at radius 2 is 1.94 bits per heavy atom. The molecule has 18 heavy (non-hydrogen) atoms. The average molecular weight is 280 g/mol. The molecule has 0 aliphatic rings. The lowest BCUT2D eigenvalue weighted by molar-refractivity contribution is -0.304. The van der Waals surface area contributed by atoms with Gasteiger partial charge in [-0.3, -0.25) is 0 Å². The molecule has 94 valence electrons. The number of nitrogen functional groups attached to an aromatic ring is 1. The number of hydrogen-bond donors (Lipinski definition) is 1. The Kier molecular flexibility index (Phi) is 4.16. The summed E-state index contributed by atoms with van der Waals surface area (Å²) in [7, 11) is 0. The van der Waals surface area contributed by atoms with Crippen molar-refractivity contribution in [1.82, 2.24) is 10.2 Å². The lowest BCUT2D eigenvalue weighted by atomic mass is 10.1. The fourth-order valence-corrected chi connectivity index (χ4v) is 2.94. The summed E-state index contributed by atoms with van der Waals surface area (Å²) in [5.41, 5.74) is 7.32. The highest BCUT2D eigenvalue weighted by molar-refractivity contribution is 8.00. The minimum atomic E-state index is -1.07. The zero-order valence-electron chi connectivity index (χ0n) is 9.33. The van der Waals surface area contributed by atoms with Gasteiger partial charge in [0.15, 0.2) is 4.34 Å². The number of thioether (sulfide) groups is 1. The van der Waals surface area contributed by atoms with Gasteiger partial charge in [-0.15, -0.1) is 10.2 Å². The van der Waals surface area contributed by atoms with E-state index in [2.05, 4.69) is 10.2 Å². The molecule has 7 heteroatoms. The lowest BCUT2D eigenvalue weighted by Crippen LogP contribution is -2.24. The standard InChI is InChI=1S/C11H11N3O2S2/c12-10-13-14-11(18-10)17-6-8-3-1-7(2-4-8)5-9(15)16/h1-4H,5-6H2,(H2,12,13)(H,15,16)/p-1. The molecule has 0 fully saturated rings. The predicted molar refractivity (Wildman–Crippen MR) is 69.0 cm³/mol. The number of aliphatic carboxylic acids is 1. The summed E-state index contributed by atoms with van der Waals surface area (Å²) in [6.45, 7) is 0. The van der Waals surface area contributed by atoms with Crippen LogP contribution in [0.2, 0.25) is 0 Å². The van der Waals surface area contributed by atoms with E-state index in [-0.39, 0.29) is 6.42 Å². The van der Waals surface area contributed by atoms with Gasteiger partial charge in [-0.05, 0) is 11.1 Å². The summed E-state index contributed by atoms with van der Waals surface area (Å²) < 4.78 is 0.825. The molecule has 0 aliphatic carbocycles. The number of nitrogens with two attached hydrogens (primary N) is 1. The molecule has 0 saturated heterocycles. The predicted octanol–water partition coefficient (Wildman–Crippen LogP) is 0.705. The van der Waals surface area contributed by atoms with Crippen LogP contribution in [0.3, 0.4) is 0 Å². The molecule has 2 N–H and O–H groups in total. The zero-order valence-corrected chi connectivity index (χ0v) is 11.0. The second-order valence-electron chi connectivity index (χ2n) is 3.56. The number of anilines is 1. The summed E-state index contributed by atoms with van der Waals surface area (Å²) in [5, 5.41) is 18.5. The monoisotopic (exact) mass is 280 g/mol. The van der Waals surface area contributed by atoms with E-state index in [9.17, 15) is 9.90 Å². The van der Waals surface area contributed by atoms with Gasteiger partial charge in [-0.25, -0.2) is 0 Å². The third kappa shape index (κ3) is 3.71. The van der Waals surface area contributed by atoms with Crippen LogP contribution in [0.1, 0.15) is 11.1 Å². The second kappa shape index (κ2) is 5.83. The first kappa shape index (κ1) is 12.8. The van der Waals surface area contributed by atoms with Crippen molar-refractivity contribution in [2.75, 3.05) is 5.73 Å². The summed E-state index contributed by atoms with van der Waals surface area (Å²) >= 11 is 2.90. The molecule has 5 nitrogen and oxygen atoms in total. The van der Waals surface area contributed by atoms with E-state index in [1.54, 1.807) is 23.9 Å². The summed E-state index contributed by atoms with van der Waals surface area (Å²) in [6, 6.07) is 7.38. The zero-order chi connectivity index (χ0) is 13.0. The third-order valence-corrected chi connectivity index (χ3v) is 4.11. The van der Waals surface area contributed by atoms with Gasteiger partial charge in [0, 0.05) is 18.1 Å². The number of rotatable bonds is 5. The fourth-order valence-electron chi connectivity index (χ4n) is 1.34. The van der Waals surface area contributed by atoms with Crippen LogP contribution >= 0.6 is 23.1 Å². The van der Waals surface area contributed by atoms with Crippen molar-refractivity contribution in [1.29, 1.82) is 0 Å². The normalized spacial score (nSPS) is 10.4. The SMILES string of the molecule is Nc1nnc(SCc2ccc(CC(=O)[O-])cc2)s1. The molecular weight excluding hydrogens is 270 g/mol. The maximum absolute atomic E-state index is 10.4. The Bertz CT molecular complexity index is 539. The first-order chi connectivity index (χ1) is 8.63. The van der Waals surface area contributed by atoms with Crippen LogP contribution in [0.5, 0.6) is 0 Å². The van der Waals surface area contributed by atoms with Crippen LogP contribution in [0.15, 0.2) is 28.6 Å². The first-order valence-electron chi connectivity index (χ1n) is 5.13. The van der Waals surface area contributed by atoms with Crippen molar-refractivity contribution in [3.63, 3.8) is 0 Å². The number of aromatic nitrogens is 2. The summed E-state index contributed by atoms with van der Waals surface area (Å²) in [5.74, 6) is -0.318. The number of carboxylic acids is 1. The van der Waals surface area contributed by atoms with Gasteiger partial charge in [-0.2, -0.15) is 0 Å². The van der Waals surface area contributed by atoms with E-state index >= 15 is 0 Å². The van der Waals surface area contributed by atoms with Crippen molar-refractivity contribution >= 4 is 34.2 Å². The van der Waals surface area contributed by atoms with Gasteiger partial charge in [0.05, 0.1) is 0 Å². The van der Waals surface area contributed by atoms with Gasteiger partial charge in [0.25, 0.3) is 0 Å². The van der Waals surface area contributed by atoms with Crippen LogP contribution in [0, 0.1) is 0 Å². The number of carbonyl (C=O) groups excluding carboxylic acids is 1. The van der Waals surface area contributed by atoms with Crippen molar-refractivity contribution in [3.8, 4) is 0 Å². The molecule has 0 bridgehead atoms. The number of nitrogens with zero attached hydrogens (tertiary/aromatic N) is 2. The molecule has 0 radical (unpaired) electrons. The minimum Gasteiger partial charge on any atom is -0.550 e. The smallest absolute Gasteiger partial charge is 0.203 e. The number of carboxylic acid groups (broad SMARTS) is 1. The topological polar surface area (TPSA) is 91.9 Å². The molecule has 1 heterocycles. The number of benzene rings is 1. The summed E-state index contributed by atoms with van der Waals surface area (Å²) in [4.78, 5) is 10.4. The number of carbonyl (C=O) groups is 1. The van der Waals surface area contributed by atoms with Crippen molar-refractivity contribution < 1.29 is 9.90 Å². The molecule has 0 aliphatic heterocycles. The van der Waals surface area contributed by atoms with Crippen LogP contribution in [-0.2, 0) is 17.0 Å². The van der Waals surface area contributed by atoms with E-state index < -0.39 is 5.97 Å².